The Hall–Kier alpha value is -3.74. The Morgan fingerprint density at radius 2 is 2.00 bits per heavy atom. The van der Waals surface area contributed by atoms with Crippen molar-refractivity contribution in [3.05, 3.63) is 66.2 Å². The van der Waals surface area contributed by atoms with Gasteiger partial charge in [0.25, 0.3) is 0 Å². The highest BCUT2D eigenvalue weighted by Gasteiger charge is 2.14. The van der Waals surface area contributed by atoms with Gasteiger partial charge in [0, 0.05) is 41.3 Å². The van der Waals surface area contributed by atoms with Gasteiger partial charge in [0.15, 0.2) is 0 Å². The van der Waals surface area contributed by atoms with E-state index in [4.69, 9.17) is 0 Å². The van der Waals surface area contributed by atoms with Crippen LogP contribution < -0.4 is 5.32 Å². The Bertz CT molecular complexity index is 1210. The minimum atomic E-state index is -0.974. The number of carboxylic acid groups (broad SMARTS) is 1. The number of aromatic nitrogens is 4. The molecule has 7 heteroatoms. The van der Waals surface area contributed by atoms with Crippen LogP contribution in [0.2, 0.25) is 0 Å². The van der Waals surface area contributed by atoms with Gasteiger partial charge in [0.2, 0.25) is 5.95 Å². The van der Waals surface area contributed by atoms with Crippen LogP contribution in [-0.4, -0.2) is 30.6 Å². The van der Waals surface area contributed by atoms with E-state index in [0.717, 1.165) is 27.7 Å². The maximum Gasteiger partial charge on any atom is 0.335 e. The van der Waals surface area contributed by atoms with Crippen molar-refractivity contribution in [3.8, 4) is 11.3 Å². The average molecular weight is 387 g/mol. The second kappa shape index (κ2) is 7.35. The van der Waals surface area contributed by atoms with Crippen LogP contribution >= 0.6 is 0 Å². The smallest absolute Gasteiger partial charge is 0.335 e. The third-order valence-electron chi connectivity index (χ3n) is 4.86. The van der Waals surface area contributed by atoms with Crippen LogP contribution in [0, 0.1) is 6.92 Å². The van der Waals surface area contributed by atoms with Crippen LogP contribution in [0.1, 0.15) is 35.8 Å². The number of carboxylic acids is 1. The molecule has 0 aliphatic heterocycles. The summed E-state index contributed by atoms with van der Waals surface area (Å²) in [6.07, 6.45) is 7.41. The zero-order chi connectivity index (χ0) is 20.5. The summed E-state index contributed by atoms with van der Waals surface area (Å²) >= 11 is 0. The maximum absolute atomic E-state index is 11.3. The quantitative estimate of drug-likeness (QED) is 0.510. The molecule has 0 aliphatic carbocycles. The third-order valence-corrected chi connectivity index (χ3v) is 4.86. The lowest BCUT2D eigenvalue weighted by molar-refractivity contribution is 0.0697. The highest BCUT2D eigenvalue weighted by molar-refractivity contribution is 5.95. The molecule has 0 fully saturated rings. The number of hydrogen-bond donors (Lipinski definition) is 2. The monoisotopic (exact) mass is 387 g/mol. The molecule has 29 heavy (non-hydrogen) atoms. The normalized spacial score (nSPS) is 11.2. The van der Waals surface area contributed by atoms with Gasteiger partial charge in [-0.3, -0.25) is 4.98 Å². The van der Waals surface area contributed by atoms with Crippen LogP contribution in [0.5, 0.6) is 0 Å². The SMILES string of the molecule is Cc1ccc(C(=O)O)cc1Nc1nccc(-c2cn(C(C)C)c3cnccc23)n1. The van der Waals surface area contributed by atoms with Crippen LogP contribution in [0.15, 0.2) is 55.1 Å². The number of rotatable bonds is 5. The van der Waals surface area contributed by atoms with E-state index in [-0.39, 0.29) is 11.6 Å². The first-order chi connectivity index (χ1) is 13.9. The number of aryl methyl sites for hydroxylation is 1. The molecule has 0 amide bonds. The number of fused-ring (bicyclic) bond motifs is 1. The first-order valence-electron chi connectivity index (χ1n) is 9.33. The molecule has 0 aliphatic rings. The van der Waals surface area contributed by atoms with Crippen molar-refractivity contribution in [2.45, 2.75) is 26.8 Å². The summed E-state index contributed by atoms with van der Waals surface area (Å²) in [6.45, 7) is 6.16. The fourth-order valence-corrected chi connectivity index (χ4v) is 3.31. The third kappa shape index (κ3) is 3.54. The second-order valence-corrected chi connectivity index (χ2v) is 7.16. The number of nitrogens with zero attached hydrogens (tertiary/aromatic N) is 4. The first-order valence-corrected chi connectivity index (χ1v) is 9.33. The summed E-state index contributed by atoms with van der Waals surface area (Å²) in [5.74, 6) is -0.564. The predicted molar refractivity (Wildman–Crippen MR) is 113 cm³/mol. The fourth-order valence-electron chi connectivity index (χ4n) is 3.31. The molecule has 3 heterocycles. The van der Waals surface area contributed by atoms with E-state index in [1.165, 1.54) is 0 Å². The Balaban J connectivity index is 1.75. The minimum absolute atomic E-state index is 0.210. The van der Waals surface area contributed by atoms with Crippen LogP contribution in [0.3, 0.4) is 0 Å². The van der Waals surface area contributed by atoms with Crippen LogP contribution in [0.4, 0.5) is 11.6 Å². The van der Waals surface area contributed by atoms with Gasteiger partial charge < -0.3 is 15.0 Å². The van der Waals surface area contributed by atoms with Crippen molar-refractivity contribution in [2.24, 2.45) is 0 Å². The summed E-state index contributed by atoms with van der Waals surface area (Å²) in [7, 11) is 0. The van der Waals surface area contributed by atoms with E-state index in [9.17, 15) is 9.90 Å². The number of aromatic carboxylic acids is 1. The van der Waals surface area contributed by atoms with E-state index < -0.39 is 5.97 Å². The predicted octanol–water partition coefficient (Wildman–Crippen LogP) is 4.82. The molecule has 146 valence electrons. The molecule has 4 rings (SSSR count). The summed E-state index contributed by atoms with van der Waals surface area (Å²) in [5, 5.41) is 13.5. The molecular weight excluding hydrogens is 366 g/mol. The number of benzene rings is 1. The van der Waals surface area contributed by atoms with Gasteiger partial charge >= 0.3 is 5.97 Å². The molecule has 4 aromatic rings. The summed E-state index contributed by atoms with van der Waals surface area (Å²) < 4.78 is 2.17. The fraction of sp³-hybridized carbons (Fsp3) is 0.182. The van der Waals surface area contributed by atoms with Gasteiger partial charge in [0.1, 0.15) is 0 Å². The number of carbonyl (C=O) groups is 1. The van der Waals surface area contributed by atoms with E-state index >= 15 is 0 Å². The summed E-state index contributed by atoms with van der Waals surface area (Å²) in [6, 6.07) is 9.07. The molecule has 0 spiro atoms. The van der Waals surface area contributed by atoms with Crippen LogP contribution in [0.25, 0.3) is 22.2 Å². The van der Waals surface area contributed by atoms with E-state index in [1.807, 2.05) is 25.3 Å². The molecule has 1 aromatic carbocycles. The zero-order valence-electron chi connectivity index (χ0n) is 16.4. The first kappa shape index (κ1) is 18.6. The van der Waals surface area contributed by atoms with Crippen molar-refractivity contribution in [1.82, 2.24) is 19.5 Å². The molecule has 0 saturated carbocycles. The largest absolute Gasteiger partial charge is 0.478 e. The average Bonchev–Trinajstić information content (AvgIpc) is 3.10. The number of pyridine rings is 1. The van der Waals surface area contributed by atoms with Gasteiger partial charge in [-0.15, -0.1) is 0 Å². The second-order valence-electron chi connectivity index (χ2n) is 7.16. The summed E-state index contributed by atoms with van der Waals surface area (Å²) in [4.78, 5) is 24.5. The molecule has 2 N–H and O–H groups in total. The van der Waals surface area contributed by atoms with Crippen molar-refractivity contribution in [1.29, 1.82) is 0 Å². The van der Waals surface area contributed by atoms with Gasteiger partial charge in [-0.25, -0.2) is 14.8 Å². The molecule has 0 saturated heterocycles. The van der Waals surface area contributed by atoms with E-state index in [2.05, 4.69) is 44.9 Å². The van der Waals surface area contributed by atoms with E-state index in [1.54, 1.807) is 30.6 Å². The minimum Gasteiger partial charge on any atom is -0.478 e. The lowest BCUT2D eigenvalue weighted by Crippen LogP contribution is -2.02. The molecule has 0 radical (unpaired) electrons. The van der Waals surface area contributed by atoms with Gasteiger partial charge in [-0.1, -0.05) is 6.07 Å². The molecule has 0 unspecified atom stereocenters. The standard InChI is InChI=1S/C22H21N5O2/c1-13(2)27-12-17(16-6-8-23-11-20(16)27)18-7-9-24-22(25-18)26-19-10-15(21(28)29)5-4-14(19)3/h4-13H,1-3H3,(H,28,29)(H,24,25,26). The Morgan fingerprint density at radius 3 is 2.76 bits per heavy atom. The van der Waals surface area contributed by atoms with Crippen molar-refractivity contribution in [2.75, 3.05) is 5.32 Å². The maximum atomic E-state index is 11.3. The number of anilines is 2. The van der Waals surface area contributed by atoms with E-state index in [0.29, 0.717) is 11.6 Å². The Morgan fingerprint density at radius 1 is 1.17 bits per heavy atom. The molecule has 3 aromatic heterocycles. The Kier molecular flexibility index (Phi) is 4.72. The number of hydrogen-bond acceptors (Lipinski definition) is 5. The summed E-state index contributed by atoms with van der Waals surface area (Å²) in [5.41, 5.74) is 4.61. The molecule has 0 atom stereocenters. The van der Waals surface area contributed by atoms with Gasteiger partial charge in [0.05, 0.1) is 23.0 Å². The molecular formula is C22H21N5O2. The highest BCUT2D eigenvalue weighted by atomic mass is 16.4. The Labute approximate surface area is 168 Å². The lowest BCUT2D eigenvalue weighted by atomic mass is 10.1. The highest BCUT2D eigenvalue weighted by Crippen LogP contribution is 2.31. The molecule has 7 nitrogen and oxygen atoms in total. The van der Waals surface area contributed by atoms with Gasteiger partial charge in [-0.05, 0) is 50.6 Å². The van der Waals surface area contributed by atoms with Crippen molar-refractivity contribution in [3.63, 3.8) is 0 Å². The van der Waals surface area contributed by atoms with Crippen molar-refractivity contribution >= 4 is 28.5 Å². The molecule has 0 bridgehead atoms. The van der Waals surface area contributed by atoms with Crippen molar-refractivity contribution < 1.29 is 9.90 Å². The lowest BCUT2D eigenvalue weighted by Gasteiger charge is -2.10. The topological polar surface area (TPSA) is 92.9 Å². The van der Waals surface area contributed by atoms with Gasteiger partial charge in [-0.2, -0.15) is 0 Å². The van der Waals surface area contributed by atoms with Crippen LogP contribution in [-0.2, 0) is 0 Å². The zero-order valence-corrected chi connectivity index (χ0v) is 16.4. The number of nitrogens with one attached hydrogen (secondary N) is 1.